The van der Waals surface area contributed by atoms with E-state index >= 15 is 0 Å². The van der Waals surface area contributed by atoms with Gasteiger partial charge in [-0.2, -0.15) is 0 Å². The van der Waals surface area contributed by atoms with Crippen LogP contribution >= 0.6 is 0 Å². The van der Waals surface area contributed by atoms with Gasteiger partial charge in [0.05, 0.1) is 0 Å². The van der Waals surface area contributed by atoms with Crippen LogP contribution in [0.2, 0.25) is 0 Å². The predicted octanol–water partition coefficient (Wildman–Crippen LogP) is 0.491. The van der Waals surface area contributed by atoms with Crippen molar-refractivity contribution in [1.29, 1.82) is 0 Å². The second-order valence-electron chi connectivity index (χ2n) is 3.76. The number of aliphatic hydroxyl groups excluding tert-OH is 1. The molecular formula is C10H22N2O. The fourth-order valence-electron chi connectivity index (χ4n) is 1.82. The van der Waals surface area contributed by atoms with E-state index in [1.807, 2.05) is 0 Å². The maximum atomic E-state index is 8.54. The second kappa shape index (κ2) is 7.30. The molecule has 0 aromatic carbocycles. The van der Waals surface area contributed by atoms with E-state index in [1.54, 1.807) is 0 Å². The van der Waals surface area contributed by atoms with Crippen molar-refractivity contribution >= 4 is 0 Å². The average molecular weight is 186 g/mol. The molecule has 3 nitrogen and oxygen atoms in total. The first kappa shape index (κ1) is 11.0. The summed E-state index contributed by atoms with van der Waals surface area (Å²) in [6.45, 7) is 3.32. The molecule has 1 rings (SSSR count). The molecule has 0 aromatic rings. The van der Waals surface area contributed by atoms with Gasteiger partial charge in [0.2, 0.25) is 0 Å². The topological polar surface area (TPSA) is 44.3 Å². The summed E-state index contributed by atoms with van der Waals surface area (Å²) in [4.78, 5) is 0. The van der Waals surface area contributed by atoms with Gasteiger partial charge in [-0.3, -0.25) is 0 Å². The Morgan fingerprint density at radius 1 is 1.08 bits per heavy atom. The lowest BCUT2D eigenvalue weighted by atomic mass is 10.2. The van der Waals surface area contributed by atoms with Crippen molar-refractivity contribution in [3.63, 3.8) is 0 Å². The maximum Gasteiger partial charge on any atom is 0.0443 e. The molecule has 1 fully saturated rings. The molecule has 0 radical (unpaired) electrons. The minimum atomic E-state index is 0.295. The first-order valence-electron chi connectivity index (χ1n) is 5.48. The van der Waals surface area contributed by atoms with Gasteiger partial charge in [0.25, 0.3) is 0 Å². The number of nitrogens with one attached hydrogen (secondary N) is 2. The largest absolute Gasteiger partial charge is 0.396 e. The number of hydrogen-bond acceptors (Lipinski definition) is 3. The zero-order chi connectivity index (χ0) is 9.36. The Labute approximate surface area is 80.9 Å². The van der Waals surface area contributed by atoms with Gasteiger partial charge in [-0.25, -0.2) is 0 Å². The lowest BCUT2D eigenvalue weighted by Crippen LogP contribution is -2.33. The smallest absolute Gasteiger partial charge is 0.0443 e. The fraction of sp³-hybridized carbons (Fsp3) is 1.00. The SMILES string of the molecule is OCCCNCCNC1CCCC1. The Bertz CT molecular complexity index is 113. The Kier molecular flexibility index (Phi) is 6.15. The highest BCUT2D eigenvalue weighted by molar-refractivity contribution is 4.73. The normalized spacial score (nSPS) is 18.2. The molecule has 1 aliphatic carbocycles. The third-order valence-electron chi connectivity index (χ3n) is 2.60. The van der Waals surface area contributed by atoms with Crippen LogP contribution in [-0.4, -0.2) is 37.4 Å². The summed E-state index contributed by atoms with van der Waals surface area (Å²) < 4.78 is 0. The molecule has 0 aromatic heterocycles. The summed E-state index contributed by atoms with van der Waals surface area (Å²) in [6.07, 6.45) is 6.38. The summed E-state index contributed by atoms with van der Waals surface area (Å²) in [7, 11) is 0. The molecule has 0 unspecified atom stereocenters. The predicted molar refractivity (Wildman–Crippen MR) is 54.8 cm³/mol. The Morgan fingerprint density at radius 3 is 2.54 bits per heavy atom. The van der Waals surface area contributed by atoms with Crippen molar-refractivity contribution < 1.29 is 5.11 Å². The van der Waals surface area contributed by atoms with E-state index in [9.17, 15) is 0 Å². The van der Waals surface area contributed by atoms with Gasteiger partial charge >= 0.3 is 0 Å². The van der Waals surface area contributed by atoms with Gasteiger partial charge in [-0.05, 0) is 25.8 Å². The van der Waals surface area contributed by atoms with Crippen molar-refractivity contribution in [2.24, 2.45) is 0 Å². The standard InChI is InChI=1S/C10H22N2O/c13-9-3-6-11-7-8-12-10-4-1-2-5-10/h10-13H,1-9H2. The van der Waals surface area contributed by atoms with E-state index in [-0.39, 0.29) is 0 Å². The Hall–Kier alpha value is -0.120. The Balaban J connectivity index is 1.78. The van der Waals surface area contributed by atoms with Gasteiger partial charge in [0, 0.05) is 25.7 Å². The number of rotatable bonds is 7. The molecule has 0 saturated heterocycles. The first-order valence-corrected chi connectivity index (χ1v) is 5.48. The Morgan fingerprint density at radius 2 is 1.85 bits per heavy atom. The van der Waals surface area contributed by atoms with Crippen LogP contribution in [0, 0.1) is 0 Å². The minimum Gasteiger partial charge on any atom is -0.396 e. The van der Waals surface area contributed by atoms with E-state index < -0.39 is 0 Å². The lowest BCUT2D eigenvalue weighted by Gasteiger charge is -2.11. The van der Waals surface area contributed by atoms with Gasteiger partial charge in [0.15, 0.2) is 0 Å². The fourth-order valence-corrected chi connectivity index (χ4v) is 1.82. The molecule has 3 heteroatoms. The maximum absolute atomic E-state index is 8.54. The molecular weight excluding hydrogens is 164 g/mol. The van der Waals surface area contributed by atoms with Gasteiger partial charge in [-0.15, -0.1) is 0 Å². The summed E-state index contributed by atoms with van der Waals surface area (Å²) in [5.41, 5.74) is 0. The molecule has 0 atom stereocenters. The highest BCUT2D eigenvalue weighted by atomic mass is 16.3. The van der Waals surface area contributed by atoms with Crippen molar-refractivity contribution in [3.05, 3.63) is 0 Å². The molecule has 0 aliphatic heterocycles. The van der Waals surface area contributed by atoms with Crippen molar-refractivity contribution in [2.75, 3.05) is 26.2 Å². The molecule has 3 N–H and O–H groups in total. The molecule has 78 valence electrons. The van der Waals surface area contributed by atoms with Crippen LogP contribution in [0.1, 0.15) is 32.1 Å². The number of hydrogen-bond donors (Lipinski definition) is 3. The van der Waals surface area contributed by atoms with Gasteiger partial charge < -0.3 is 15.7 Å². The van der Waals surface area contributed by atoms with E-state index in [0.29, 0.717) is 6.61 Å². The van der Waals surface area contributed by atoms with Crippen LogP contribution in [0.5, 0.6) is 0 Å². The monoisotopic (exact) mass is 186 g/mol. The molecule has 0 spiro atoms. The highest BCUT2D eigenvalue weighted by Crippen LogP contribution is 2.16. The van der Waals surface area contributed by atoms with E-state index in [4.69, 9.17) is 5.11 Å². The van der Waals surface area contributed by atoms with Crippen LogP contribution in [0.4, 0.5) is 0 Å². The van der Waals surface area contributed by atoms with Crippen LogP contribution in [-0.2, 0) is 0 Å². The molecule has 13 heavy (non-hydrogen) atoms. The summed E-state index contributed by atoms with van der Waals surface area (Å²) in [6, 6.07) is 0.777. The number of aliphatic hydroxyl groups is 1. The van der Waals surface area contributed by atoms with Crippen LogP contribution in [0.3, 0.4) is 0 Å². The minimum absolute atomic E-state index is 0.295. The molecule has 0 amide bonds. The summed E-state index contributed by atoms with van der Waals surface area (Å²) in [5.74, 6) is 0. The second-order valence-corrected chi connectivity index (χ2v) is 3.76. The zero-order valence-corrected chi connectivity index (χ0v) is 8.39. The summed E-state index contributed by atoms with van der Waals surface area (Å²) >= 11 is 0. The van der Waals surface area contributed by atoms with Gasteiger partial charge in [-0.1, -0.05) is 12.8 Å². The highest BCUT2D eigenvalue weighted by Gasteiger charge is 2.12. The van der Waals surface area contributed by atoms with Crippen molar-refractivity contribution in [1.82, 2.24) is 10.6 Å². The first-order chi connectivity index (χ1) is 6.43. The third-order valence-corrected chi connectivity index (χ3v) is 2.60. The van der Waals surface area contributed by atoms with E-state index in [0.717, 1.165) is 32.1 Å². The summed E-state index contributed by atoms with van der Waals surface area (Å²) in [5, 5.41) is 15.4. The molecule has 1 aliphatic rings. The average Bonchev–Trinajstić information content (AvgIpc) is 2.63. The molecule has 0 bridgehead atoms. The molecule has 1 saturated carbocycles. The van der Waals surface area contributed by atoms with E-state index in [1.165, 1.54) is 25.7 Å². The quantitative estimate of drug-likeness (QED) is 0.507. The zero-order valence-electron chi connectivity index (χ0n) is 8.39. The van der Waals surface area contributed by atoms with Crippen LogP contribution < -0.4 is 10.6 Å². The molecule has 0 heterocycles. The lowest BCUT2D eigenvalue weighted by molar-refractivity contribution is 0.286. The van der Waals surface area contributed by atoms with Crippen molar-refractivity contribution in [3.8, 4) is 0 Å². The van der Waals surface area contributed by atoms with Crippen LogP contribution in [0.25, 0.3) is 0 Å². The van der Waals surface area contributed by atoms with E-state index in [2.05, 4.69) is 10.6 Å². The van der Waals surface area contributed by atoms with Crippen molar-refractivity contribution in [2.45, 2.75) is 38.1 Å². The van der Waals surface area contributed by atoms with Crippen LogP contribution in [0.15, 0.2) is 0 Å². The van der Waals surface area contributed by atoms with Gasteiger partial charge in [0.1, 0.15) is 0 Å². The third kappa shape index (κ3) is 5.24.